The van der Waals surface area contributed by atoms with E-state index in [2.05, 4.69) is 17.4 Å². The Bertz CT molecular complexity index is 560. The molecule has 0 saturated carbocycles. The number of hydrogen-bond acceptors (Lipinski definition) is 4. The van der Waals surface area contributed by atoms with Crippen LogP contribution in [-0.4, -0.2) is 48.4 Å². The van der Waals surface area contributed by atoms with Crippen LogP contribution in [0.4, 0.5) is 4.79 Å². The summed E-state index contributed by atoms with van der Waals surface area (Å²) in [5, 5.41) is 3.52. The monoisotopic (exact) mass is 332 g/mol. The third-order valence-electron chi connectivity index (χ3n) is 4.67. The SMILES string of the molecule is CC(C)(C)OC(=O)N1CCC2(CC1)CNC[C@H](c1ccccc1)O2. The zero-order chi connectivity index (χ0) is 17.2. The van der Waals surface area contributed by atoms with E-state index in [9.17, 15) is 4.79 Å². The maximum Gasteiger partial charge on any atom is 0.410 e. The molecule has 132 valence electrons. The Morgan fingerprint density at radius 1 is 1.25 bits per heavy atom. The zero-order valence-electron chi connectivity index (χ0n) is 14.9. The van der Waals surface area contributed by atoms with Gasteiger partial charge in [-0.05, 0) is 39.2 Å². The number of carbonyl (C=O) groups is 1. The van der Waals surface area contributed by atoms with Crippen molar-refractivity contribution < 1.29 is 14.3 Å². The minimum Gasteiger partial charge on any atom is -0.444 e. The van der Waals surface area contributed by atoms with Crippen molar-refractivity contribution in [3.8, 4) is 0 Å². The lowest BCUT2D eigenvalue weighted by Gasteiger charge is -2.46. The number of benzene rings is 1. The van der Waals surface area contributed by atoms with Gasteiger partial charge in [0.1, 0.15) is 5.60 Å². The molecule has 2 saturated heterocycles. The zero-order valence-corrected chi connectivity index (χ0v) is 14.9. The molecule has 0 radical (unpaired) electrons. The summed E-state index contributed by atoms with van der Waals surface area (Å²) in [6, 6.07) is 10.3. The van der Waals surface area contributed by atoms with E-state index < -0.39 is 5.60 Å². The lowest BCUT2D eigenvalue weighted by Crippen LogP contribution is -2.57. The highest BCUT2D eigenvalue weighted by Gasteiger charge is 2.42. The van der Waals surface area contributed by atoms with Gasteiger partial charge in [-0.25, -0.2) is 4.79 Å². The lowest BCUT2D eigenvalue weighted by atomic mass is 9.89. The van der Waals surface area contributed by atoms with Crippen molar-refractivity contribution in [3.05, 3.63) is 35.9 Å². The van der Waals surface area contributed by atoms with Gasteiger partial charge in [-0.2, -0.15) is 0 Å². The average molecular weight is 332 g/mol. The summed E-state index contributed by atoms with van der Waals surface area (Å²) in [4.78, 5) is 14.0. The Labute approximate surface area is 144 Å². The molecule has 2 heterocycles. The second-order valence-corrected chi connectivity index (χ2v) is 7.80. The second-order valence-electron chi connectivity index (χ2n) is 7.80. The molecule has 3 rings (SSSR count). The molecule has 1 aromatic carbocycles. The van der Waals surface area contributed by atoms with Gasteiger partial charge >= 0.3 is 6.09 Å². The highest BCUT2D eigenvalue weighted by atomic mass is 16.6. The van der Waals surface area contributed by atoms with Gasteiger partial charge in [-0.3, -0.25) is 0 Å². The molecule has 0 aliphatic carbocycles. The van der Waals surface area contributed by atoms with Gasteiger partial charge in [0.2, 0.25) is 0 Å². The number of amides is 1. The van der Waals surface area contributed by atoms with E-state index in [1.54, 1.807) is 4.90 Å². The molecule has 0 unspecified atom stereocenters. The first kappa shape index (κ1) is 17.2. The first-order chi connectivity index (χ1) is 11.4. The molecular weight excluding hydrogens is 304 g/mol. The molecule has 24 heavy (non-hydrogen) atoms. The average Bonchev–Trinajstić information content (AvgIpc) is 2.55. The van der Waals surface area contributed by atoms with E-state index in [0.29, 0.717) is 13.1 Å². The fraction of sp³-hybridized carbons (Fsp3) is 0.632. The van der Waals surface area contributed by atoms with Crippen LogP contribution in [0.15, 0.2) is 30.3 Å². The topological polar surface area (TPSA) is 50.8 Å². The minimum absolute atomic E-state index is 0.0769. The fourth-order valence-electron chi connectivity index (χ4n) is 3.39. The number of likely N-dealkylation sites (tertiary alicyclic amines) is 1. The Balaban J connectivity index is 1.59. The number of carbonyl (C=O) groups excluding carboxylic acids is 1. The third-order valence-corrected chi connectivity index (χ3v) is 4.67. The van der Waals surface area contributed by atoms with Gasteiger partial charge in [-0.15, -0.1) is 0 Å². The van der Waals surface area contributed by atoms with Crippen molar-refractivity contribution >= 4 is 6.09 Å². The van der Waals surface area contributed by atoms with Gasteiger partial charge in [0.15, 0.2) is 0 Å². The van der Waals surface area contributed by atoms with Crippen LogP contribution in [0.3, 0.4) is 0 Å². The molecule has 2 fully saturated rings. The molecule has 5 nitrogen and oxygen atoms in total. The number of rotatable bonds is 1. The van der Waals surface area contributed by atoms with Gasteiger partial charge in [0, 0.05) is 26.2 Å². The molecule has 0 bridgehead atoms. The second kappa shape index (κ2) is 6.73. The number of nitrogens with zero attached hydrogens (tertiary/aromatic N) is 1. The van der Waals surface area contributed by atoms with Crippen LogP contribution in [0, 0.1) is 0 Å². The number of morpholine rings is 1. The predicted octanol–water partition coefficient (Wildman–Crippen LogP) is 3.12. The summed E-state index contributed by atoms with van der Waals surface area (Å²) in [6.07, 6.45) is 1.53. The Kier molecular flexibility index (Phi) is 4.83. The van der Waals surface area contributed by atoms with E-state index in [1.807, 2.05) is 39.0 Å². The summed E-state index contributed by atoms with van der Waals surface area (Å²) in [6.45, 7) is 8.73. The van der Waals surface area contributed by atoms with Gasteiger partial charge in [0.05, 0.1) is 11.7 Å². The number of hydrogen-bond donors (Lipinski definition) is 1. The third kappa shape index (κ3) is 4.08. The Morgan fingerprint density at radius 2 is 1.92 bits per heavy atom. The quantitative estimate of drug-likeness (QED) is 0.858. The Morgan fingerprint density at radius 3 is 2.54 bits per heavy atom. The van der Waals surface area contributed by atoms with Crippen LogP contribution in [-0.2, 0) is 9.47 Å². The van der Waals surface area contributed by atoms with Crippen molar-refractivity contribution in [1.29, 1.82) is 0 Å². The molecule has 5 heteroatoms. The van der Waals surface area contributed by atoms with Crippen LogP contribution < -0.4 is 5.32 Å². The first-order valence-electron chi connectivity index (χ1n) is 8.78. The van der Waals surface area contributed by atoms with Crippen molar-refractivity contribution in [3.63, 3.8) is 0 Å². The molecular formula is C19H28N2O3. The maximum absolute atomic E-state index is 12.2. The molecule has 2 aliphatic rings. The molecule has 1 N–H and O–H groups in total. The van der Waals surface area contributed by atoms with Crippen molar-refractivity contribution in [1.82, 2.24) is 10.2 Å². The smallest absolute Gasteiger partial charge is 0.410 e. The number of nitrogens with one attached hydrogen (secondary N) is 1. The summed E-state index contributed by atoms with van der Waals surface area (Å²) in [5.74, 6) is 0. The van der Waals surface area contributed by atoms with E-state index in [-0.39, 0.29) is 17.8 Å². The number of piperidine rings is 1. The van der Waals surface area contributed by atoms with E-state index in [0.717, 1.165) is 25.9 Å². The highest BCUT2D eigenvalue weighted by Crippen LogP contribution is 2.35. The van der Waals surface area contributed by atoms with E-state index in [4.69, 9.17) is 9.47 Å². The van der Waals surface area contributed by atoms with Crippen molar-refractivity contribution in [2.45, 2.75) is 50.9 Å². The largest absolute Gasteiger partial charge is 0.444 e. The van der Waals surface area contributed by atoms with Crippen LogP contribution >= 0.6 is 0 Å². The van der Waals surface area contributed by atoms with Crippen LogP contribution in [0.5, 0.6) is 0 Å². The van der Waals surface area contributed by atoms with Crippen LogP contribution in [0.2, 0.25) is 0 Å². The first-order valence-corrected chi connectivity index (χ1v) is 8.78. The molecule has 0 aromatic heterocycles. The van der Waals surface area contributed by atoms with Crippen LogP contribution in [0.25, 0.3) is 0 Å². The van der Waals surface area contributed by atoms with Crippen molar-refractivity contribution in [2.75, 3.05) is 26.2 Å². The predicted molar refractivity (Wildman–Crippen MR) is 92.9 cm³/mol. The fourth-order valence-corrected chi connectivity index (χ4v) is 3.39. The summed E-state index contributed by atoms with van der Waals surface area (Å²) < 4.78 is 12.0. The standard InChI is InChI=1S/C19H28N2O3/c1-18(2,3)24-17(22)21-11-9-19(10-12-21)14-20-13-16(23-19)15-7-5-4-6-8-15/h4-8,16,20H,9-14H2,1-3H3/t16-/m1/s1. The van der Waals surface area contributed by atoms with E-state index in [1.165, 1.54) is 5.56 Å². The maximum atomic E-state index is 12.2. The van der Waals surface area contributed by atoms with E-state index >= 15 is 0 Å². The van der Waals surface area contributed by atoms with Gasteiger partial charge in [0.25, 0.3) is 0 Å². The summed E-state index contributed by atoms with van der Waals surface area (Å²) >= 11 is 0. The molecule has 1 atom stereocenters. The van der Waals surface area contributed by atoms with Gasteiger partial charge in [-0.1, -0.05) is 30.3 Å². The summed E-state index contributed by atoms with van der Waals surface area (Å²) in [7, 11) is 0. The molecule has 1 spiro atoms. The summed E-state index contributed by atoms with van der Waals surface area (Å²) in [5.41, 5.74) is 0.573. The minimum atomic E-state index is -0.451. The normalized spacial score (nSPS) is 24.0. The number of ether oxygens (including phenoxy) is 2. The highest BCUT2D eigenvalue weighted by molar-refractivity contribution is 5.68. The van der Waals surface area contributed by atoms with Crippen LogP contribution in [0.1, 0.15) is 45.3 Å². The molecule has 1 aromatic rings. The van der Waals surface area contributed by atoms with Gasteiger partial charge < -0.3 is 19.7 Å². The lowest BCUT2D eigenvalue weighted by molar-refractivity contribution is -0.142. The Hall–Kier alpha value is -1.59. The van der Waals surface area contributed by atoms with Crippen molar-refractivity contribution in [2.24, 2.45) is 0 Å². The molecule has 1 amide bonds. The molecule has 2 aliphatic heterocycles.